The number of H-pyrrole nitrogens is 1. The van der Waals surface area contributed by atoms with Crippen LogP contribution in [0.1, 0.15) is 33.5 Å². The topological polar surface area (TPSA) is 132 Å². The van der Waals surface area contributed by atoms with Crippen LogP contribution in [0.2, 0.25) is 0 Å². The molecular weight excluding hydrogens is 426 g/mol. The van der Waals surface area contributed by atoms with Gasteiger partial charge in [-0.1, -0.05) is 23.8 Å². The molecule has 0 saturated heterocycles. The van der Waals surface area contributed by atoms with Crippen LogP contribution in [-0.2, 0) is 6.61 Å². The monoisotopic (exact) mass is 451 g/mol. The molecule has 0 saturated carbocycles. The number of hydrogen-bond donors (Lipinski definition) is 2. The molecule has 33 heavy (non-hydrogen) atoms. The van der Waals surface area contributed by atoms with Gasteiger partial charge in [-0.05, 0) is 44.9 Å². The number of nitro benzene ring substituents is 1. The molecule has 3 rings (SSSR count). The lowest BCUT2D eigenvalue weighted by atomic mass is 10.1. The predicted octanol–water partition coefficient (Wildman–Crippen LogP) is 3.95. The third-order valence-electron chi connectivity index (χ3n) is 5.13. The molecule has 0 radical (unpaired) electrons. The molecule has 0 spiro atoms. The smallest absolute Gasteiger partial charge is 0.315 e. The summed E-state index contributed by atoms with van der Waals surface area (Å²) in [6.45, 7) is 7.46. The SMILES string of the molecule is COc1cc(/C=N\Nc2nc(C)c(C)c(=O)[nH]2)cc([N+](=O)[O-])c1OCc1cc(C)ccc1C. The van der Waals surface area contributed by atoms with Gasteiger partial charge in [0.05, 0.1) is 18.2 Å². The fourth-order valence-electron chi connectivity index (χ4n) is 3.09. The summed E-state index contributed by atoms with van der Waals surface area (Å²) in [6, 6.07) is 8.86. The van der Waals surface area contributed by atoms with Crippen LogP contribution < -0.4 is 20.5 Å². The summed E-state index contributed by atoms with van der Waals surface area (Å²) in [5, 5.41) is 15.8. The number of benzene rings is 2. The van der Waals surface area contributed by atoms with E-state index in [-0.39, 0.29) is 35.3 Å². The molecule has 0 fully saturated rings. The lowest BCUT2D eigenvalue weighted by Crippen LogP contribution is -2.15. The molecule has 0 bridgehead atoms. The van der Waals surface area contributed by atoms with Crippen LogP contribution >= 0.6 is 0 Å². The molecule has 1 aromatic heterocycles. The summed E-state index contributed by atoms with van der Waals surface area (Å²) in [7, 11) is 1.41. The molecule has 0 amide bonds. The molecule has 10 heteroatoms. The van der Waals surface area contributed by atoms with Crippen LogP contribution in [0.4, 0.5) is 11.6 Å². The van der Waals surface area contributed by atoms with Crippen LogP contribution in [0, 0.1) is 37.8 Å². The average molecular weight is 451 g/mol. The zero-order chi connectivity index (χ0) is 24.1. The van der Waals surface area contributed by atoms with E-state index in [1.54, 1.807) is 19.9 Å². The van der Waals surface area contributed by atoms with Gasteiger partial charge in [0.25, 0.3) is 5.56 Å². The molecule has 2 N–H and O–H groups in total. The molecule has 0 aliphatic carbocycles. The molecule has 0 aliphatic heterocycles. The van der Waals surface area contributed by atoms with E-state index in [0.29, 0.717) is 16.8 Å². The Hall–Kier alpha value is -4.21. The number of aromatic nitrogens is 2. The van der Waals surface area contributed by atoms with Crippen LogP contribution in [-0.4, -0.2) is 28.2 Å². The summed E-state index contributed by atoms with van der Waals surface area (Å²) in [5.41, 5.74) is 6.60. The van der Waals surface area contributed by atoms with Crippen LogP contribution in [0.5, 0.6) is 11.5 Å². The highest BCUT2D eigenvalue weighted by molar-refractivity contribution is 5.83. The van der Waals surface area contributed by atoms with Crippen LogP contribution in [0.15, 0.2) is 40.2 Å². The molecule has 2 aromatic carbocycles. The van der Waals surface area contributed by atoms with Crippen LogP contribution in [0.25, 0.3) is 0 Å². The molecule has 1 heterocycles. The summed E-state index contributed by atoms with van der Waals surface area (Å²) in [4.78, 5) is 29.8. The van der Waals surface area contributed by atoms with E-state index >= 15 is 0 Å². The largest absolute Gasteiger partial charge is 0.493 e. The van der Waals surface area contributed by atoms with Crippen LogP contribution in [0.3, 0.4) is 0 Å². The maximum Gasteiger partial charge on any atom is 0.315 e. The Morgan fingerprint density at radius 2 is 1.97 bits per heavy atom. The Labute approximate surface area is 190 Å². The fourth-order valence-corrected chi connectivity index (χ4v) is 3.09. The second-order valence-corrected chi connectivity index (χ2v) is 7.54. The molecular formula is C23H25N5O5. The van der Waals surface area contributed by atoms with E-state index in [4.69, 9.17) is 9.47 Å². The number of ether oxygens (including phenoxy) is 2. The molecule has 0 unspecified atom stereocenters. The quantitative estimate of drug-likeness (QED) is 0.301. The first-order valence-corrected chi connectivity index (χ1v) is 10.1. The fraction of sp³-hybridized carbons (Fsp3) is 0.261. The van der Waals surface area contributed by atoms with Gasteiger partial charge in [-0.25, -0.2) is 10.4 Å². The average Bonchev–Trinajstić information content (AvgIpc) is 2.77. The van der Waals surface area contributed by atoms with E-state index in [9.17, 15) is 14.9 Å². The Kier molecular flexibility index (Phi) is 7.07. The standard InChI is InChI=1S/C23H25N5O5/c1-13-6-7-14(2)18(8-13)12-33-21-19(28(30)31)9-17(10-20(21)32-5)11-24-27-23-25-16(4)15(3)22(29)26-23/h6-11H,12H2,1-5H3,(H2,25,26,27,29)/b24-11-. The zero-order valence-electron chi connectivity index (χ0n) is 19.1. The Balaban J connectivity index is 1.86. The van der Waals surface area contributed by atoms with Gasteiger partial charge in [0.2, 0.25) is 11.7 Å². The molecule has 0 atom stereocenters. The van der Waals surface area contributed by atoms with E-state index in [1.165, 1.54) is 19.4 Å². The molecule has 172 valence electrons. The van der Waals surface area contributed by atoms with Crippen molar-refractivity contribution in [2.75, 3.05) is 12.5 Å². The third kappa shape index (κ3) is 5.53. The lowest BCUT2D eigenvalue weighted by molar-refractivity contribution is -0.386. The number of nitro groups is 1. The molecule has 10 nitrogen and oxygen atoms in total. The number of anilines is 1. The predicted molar refractivity (Wildman–Crippen MR) is 125 cm³/mol. The summed E-state index contributed by atoms with van der Waals surface area (Å²) in [6.07, 6.45) is 1.36. The first-order chi connectivity index (χ1) is 15.7. The van der Waals surface area contributed by atoms with Gasteiger partial charge < -0.3 is 9.47 Å². The van der Waals surface area contributed by atoms with Gasteiger partial charge in [0, 0.05) is 22.9 Å². The molecule has 3 aromatic rings. The minimum absolute atomic E-state index is 0.0358. The minimum atomic E-state index is -0.534. The number of aryl methyl sites for hydroxylation is 3. The number of hydrogen-bond acceptors (Lipinski definition) is 8. The van der Waals surface area contributed by atoms with Crippen molar-refractivity contribution in [1.82, 2.24) is 9.97 Å². The van der Waals surface area contributed by atoms with Crippen molar-refractivity contribution < 1.29 is 14.4 Å². The van der Waals surface area contributed by atoms with Crippen molar-refractivity contribution in [2.24, 2.45) is 5.10 Å². The van der Waals surface area contributed by atoms with Crippen molar-refractivity contribution in [3.63, 3.8) is 0 Å². The van der Waals surface area contributed by atoms with Gasteiger partial charge in [0.15, 0.2) is 5.75 Å². The third-order valence-corrected chi connectivity index (χ3v) is 5.13. The lowest BCUT2D eigenvalue weighted by Gasteiger charge is -2.13. The number of nitrogens with one attached hydrogen (secondary N) is 2. The zero-order valence-corrected chi connectivity index (χ0v) is 19.1. The number of methoxy groups -OCH3 is 1. The number of aromatic amines is 1. The second-order valence-electron chi connectivity index (χ2n) is 7.54. The first-order valence-electron chi connectivity index (χ1n) is 10.1. The summed E-state index contributed by atoms with van der Waals surface area (Å²) in [5.74, 6) is 0.400. The van der Waals surface area contributed by atoms with Crippen molar-refractivity contribution in [3.05, 3.63) is 84.3 Å². The Bertz CT molecular complexity index is 1280. The highest BCUT2D eigenvalue weighted by Crippen LogP contribution is 2.38. The minimum Gasteiger partial charge on any atom is -0.493 e. The first kappa shape index (κ1) is 23.5. The van der Waals surface area contributed by atoms with Gasteiger partial charge in [-0.2, -0.15) is 5.10 Å². The number of hydrazone groups is 1. The Morgan fingerprint density at radius 1 is 1.21 bits per heavy atom. The van der Waals surface area contributed by atoms with Gasteiger partial charge in [0.1, 0.15) is 6.61 Å². The van der Waals surface area contributed by atoms with Gasteiger partial charge >= 0.3 is 5.69 Å². The van der Waals surface area contributed by atoms with E-state index in [2.05, 4.69) is 20.5 Å². The highest BCUT2D eigenvalue weighted by atomic mass is 16.6. The molecule has 0 aliphatic rings. The summed E-state index contributed by atoms with van der Waals surface area (Å²) < 4.78 is 11.2. The van der Waals surface area contributed by atoms with Gasteiger partial charge in [-0.15, -0.1) is 0 Å². The van der Waals surface area contributed by atoms with Crippen molar-refractivity contribution >= 4 is 17.9 Å². The number of nitrogens with zero attached hydrogens (tertiary/aromatic N) is 3. The maximum atomic E-state index is 11.8. The van der Waals surface area contributed by atoms with Gasteiger partial charge in [-0.3, -0.25) is 19.9 Å². The highest BCUT2D eigenvalue weighted by Gasteiger charge is 2.22. The Morgan fingerprint density at radius 3 is 2.64 bits per heavy atom. The second kappa shape index (κ2) is 9.94. The maximum absolute atomic E-state index is 11.8. The van der Waals surface area contributed by atoms with E-state index in [0.717, 1.165) is 16.7 Å². The van der Waals surface area contributed by atoms with Crippen molar-refractivity contribution in [3.8, 4) is 11.5 Å². The van der Waals surface area contributed by atoms with E-state index < -0.39 is 4.92 Å². The normalized spacial score (nSPS) is 10.9. The van der Waals surface area contributed by atoms with Crippen molar-refractivity contribution in [2.45, 2.75) is 34.3 Å². The van der Waals surface area contributed by atoms with Crippen molar-refractivity contribution in [1.29, 1.82) is 0 Å². The number of rotatable bonds is 8. The van der Waals surface area contributed by atoms with E-state index in [1.807, 2.05) is 32.0 Å². The summed E-state index contributed by atoms with van der Waals surface area (Å²) >= 11 is 0.